The van der Waals surface area contributed by atoms with Gasteiger partial charge in [0.25, 0.3) is 0 Å². The molecule has 0 unspecified atom stereocenters. The van der Waals surface area contributed by atoms with Crippen LogP contribution in [0.4, 0.5) is 5.82 Å². The van der Waals surface area contributed by atoms with Gasteiger partial charge in [0.1, 0.15) is 11.6 Å². The highest BCUT2D eigenvalue weighted by molar-refractivity contribution is 5.92. The number of imidazole rings is 1. The van der Waals surface area contributed by atoms with E-state index in [1.807, 2.05) is 16.7 Å². The van der Waals surface area contributed by atoms with Crippen LogP contribution in [0.5, 0.6) is 0 Å². The van der Waals surface area contributed by atoms with Gasteiger partial charge in [0.05, 0.1) is 0 Å². The number of nitrogens with one attached hydrogen (secondary N) is 1. The number of carboxylic acids is 1. The van der Waals surface area contributed by atoms with Gasteiger partial charge in [-0.25, -0.2) is 9.78 Å². The molecule has 0 bridgehead atoms. The van der Waals surface area contributed by atoms with Crippen molar-refractivity contribution in [1.29, 1.82) is 0 Å². The summed E-state index contributed by atoms with van der Waals surface area (Å²) in [5.74, 6) is 0.235. The second kappa shape index (κ2) is 4.14. The molecule has 2 aromatic heterocycles. The number of rotatable bonds is 2. The van der Waals surface area contributed by atoms with Crippen molar-refractivity contribution in [3.05, 3.63) is 30.2 Å². The quantitative estimate of drug-likeness (QED) is 0.836. The molecule has 0 radical (unpaired) electrons. The molecule has 0 saturated carbocycles. The molecule has 0 spiro atoms. The molecule has 2 N–H and O–H groups in total. The highest BCUT2D eigenvalue weighted by atomic mass is 16.4. The number of nitrogens with zero attached hydrogens (tertiary/aromatic N) is 3. The van der Waals surface area contributed by atoms with Crippen LogP contribution in [-0.2, 0) is 6.54 Å². The molecule has 0 aliphatic carbocycles. The molecule has 3 heterocycles. The zero-order valence-electron chi connectivity index (χ0n) is 9.63. The molecule has 0 fully saturated rings. The Morgan fingerprint density at radius 3 is 3.11 bits per heavy atom. The first-order valence-electron chi connectivity index (χ1n) is 5.75. The topological polar surface area (TPSA) is 80.0 Å². The lowest BCUT2D eigenvalue weighted by molar-refractivity contribution is 0.0692. The van der Waals surface area contributed by atoms with Crippen molar-refractivity contribution in [3.63, 3.8) is 0 Å². The van der Waals surface area contributed by atoms with Crippen LogP contribution in [0.15, 0.2) is 24.5 Å². The molecule has 3 rings (SSSR count). The SMILES string of the molecule is O=C(O)c1nc(-c2cccnc2)n2c1NCCC2. The van der Waals surface area contributed by atoms with E-state index in [1.165, 1.54) is 0 Å². The number of anilines is 1. The van der Waals surface area contributed by atoms with E-state index in [2.05, 4.69) is 15.3 Å². The summed E-state index contributed by atoms with van der Waals surface area (Å²) in [6.45, 7) is 1.55. The number of hydrogen-bond acceptors (Lipinski definition) is 4. The number of carbonyl (C=O) groups is 1. The van der Waals surface area contributed by atoms with Gasteiger partial charge in [0, 0.05) is 31.0 Å². The average Bonchev–Trinajstić information content (AvgIpc) is 2.79. The van der Waals surface area contributed by atoms with E-state index in [-0.39, 0.29) is 5.69 Å². The largest absolute Gasteiger partial charge is 0.476 e. The standard InChI is InChI=1S/C12H12N4O2/c17-12(18)9-11-14-5-2-6-16(11)10(15-9)8-3-1-4-13-7-8/h1,3-4,7,14H,2,5-6H2,(H,17,18). The Morgan fingerprint density at radius 2 is 2.39 bits per heavy atom. The van der Waals surface area contributed by atoms with Gasteiger partial charge in [-0.05, 0) is 18.6 Å². The predicted octanol–water partition coefficient (Wildman–Crippen LogP) is 1.46. The second-order valence-electron chi connectivity index (χ2n) is 4.11. The normalized spacial score (nSPS) is 13.8. The molecule has 18 heavy (non-hydrogen) atoms. The van der Waals surface area contributed by atoms with Gasteiger partial charge in [-0.2, -0.15) is 0 Å². The minimum absolute atomic E-state index is 0.0774. The van der Waals surface area contributed by atoms with E-state index in [4.69, 9.17) is 5.11 Å². The minimum atomic E-state index is -1.01. The summed E-state index contributed by atoms with van der Waals surface area (Å²) in [7, 11) is 0. The molecule has 0 amide bonds. The third kappa shape index (κ3) is 1.62. The first kappa shape index (κ1) is 10.8. The van der Waals surface area contributed by atoms with Crippen LogP contribution in [0, 0.1) is 0 Å². The average molecular weight is 244 g/mol. The maximum absolute atomic E-state index is 11.2. The molecule has 6 heteroatoms. The van der Waals surface area contributed by atoms with E-state index in [1.54, 1.807) is 12.4 Å². The highest BCUT2D eigenvalue weighted by Crippen LogP contribution is 2.28. The zero-order chi connectivity index (χ0) is 12.5. The van der Waals surface area contributed by atoms with Crippen molar-refractivity contribution in [1.82, 2.24) is 14.5 Å². The fourth-order valence-corrected chi connectivity index (χ4v) is 2.16. The van der Waals surface area contributed by atoms with Crippen molar-refractivity contribution in [2.75, 3.05) is 11.9 Å². The summed E-state index contributed by atoms with van der Waals surface area (Å²) in [5, 5.41) is 12.3. The van der Waals surface area contributed by atoms with Crippen molar-refractivity contribution in [2.24, 2.45) is 0 Å². The molecule has 1 aliphatic rings. The van der Waals surface area contributed by atoms with E-state index in [0.29, 0.717) is 11.6 Å². The Hall–Kier alpha value is -2.37. The van der Waals surface area contributed by atoms with Gasteiger partial charge in [-0.3, -0.25) is 4.98 Å². The lowest BCUT2D eigenvalue weighted by atomic mass is 10.2. The number of aromatic carboxylic acids is 1. The number of aromatic nitrogens is 3. The van der Waals surface area contributed by atoms with Crippen LogP contribution < -0.4 is 5.32 Å². The number of hydrogen-bond donors (Lipinski definition) is 2. The van der Waals surface area contributed by atoms with Crippen molar-refractivity contribution < 1.29 is 9.90 Å². The molecule has 0 atom stereocenters. The molecule has 0 saturated heterocycles. The first-order chi connectivity index (χ1) is 8.77. The van der Waals surface area contributed by atoms with Gasteiger partial charge in [0.2, 0.25) is 0 Å². The molecular weight excluding hydrogens is 232 g/mol. The van der Waals surface area contributed by atoms with E-state index < -0.39 is 5.97 Å². The third-order valence-corrected chi connectivity index (χ3v) is 2.94. The van der Waals surface area contributed by atoms with Gasteiger partial charge in [-0.15, -0.1) is 0 Å². The van der Waals surface area contributed by atoms with Crippen molar-refractivity contribution in [2.45, 2.75) is 13.0 Å². The molecule has 2 aromatic rings. The van der Waals surface area contributed by atoms with Gasteiger partial charge >= 0.3 is 5.97 Å². The lowest BCUT2D eigenvalue weighted by Crippen LogP contribution is -2.19. The fraction of sp³-hybridized carbons (Fsp3) is 0.250. The summed E-state index contributed by atoms with van der Waals surface area (Å²) in [6.07, 6.45) is 4.32. The van der Waals surface area contributed by atoms with E-state index >= 15 is 0 Å². The van der Waals surface area contributed by atoms with Crippen molar-refractivity contribution in [3.8, 4) is 11.4 Å². The minimum Gasteiger partial charge on any atom is -0.476 e. The number of fused-ring (bicyclic) bond motifs is 1. The van der Waals surface area contributed by atoms with Crippen molar-refractivity contribution >= 4 is 11.8 Å². The summed E-state index contributed by atoms with van der Waals surface area (Å²) < 4.78 is 1.91. The Bertz CT molecular complexity index is 592. The van der Waals surface area contributed by atoms with Crippen LogP contribution in [-0.4, -0.2) is 32.2 Å². The van der Waals surface area contributed by atoms with Crippen LogP contribution in [0.3, 0.4) is 0 Å². The number of pyridine rings is 1. The zero-order valence-corrected chi connectivity index (χ0v) is 9.63. The Labute approximate surface area is 103 Å². The van der Waals surface area contributed by atoms with Gasteiger partial charge in [0.15, 0.2) is 5.69 Å². The molecular formula is C12H12N4O2. The Kier molecular flexibility index (Phi) is 2.47. The lowest BCUT2D eigenvalue weighted by Gasteiger charge is -2.18. The number of carboxylic acid groups (broad SMARTS) is 1. The maximum Gasteiger partial charge on any atom is 0.358 e. The maximum atomic E-state index is 11.2. The van der Waals surface area contributed by atoms with Crippen LogP contribution >= 0.6 is 0 Å². The monoisotopic (exact) mass is 244 g/mol. The van der Waals surface area contributed by atoms with Gasteiger partial charge in [-0.1, -0.05) is 0 Å². The predicted molar refractivity (Wildman–Crippen MR) is 65.5 cm³/mol. The van der Waals surface area contributed by atoms with E-state index in [9.17, 15) is 4.79 Å². The Morgan fingerprint density at radius 1 is 1.50 bits per heavy atom. The highest BCUT2D eigenvalue weighted by Gasteiger charge is 2.24. The Balaban J connectivity index is 2.18. The second-order valence-corrected chi connectivity index (χ2v) is 4.11. The van der Waals surface area contributed by atoms with E-state index in [0.717, 1.165) is 25.1 Å². The molecule has 6 nitrogen and oxygen atoms in total. The summed E-state index contributed by atoms with van der Waals surface area (Å²) in [6, 6.07) is 3.69. The molecule has 92 valence electrons. The smallest absolute Gasteiger partial charge is 0.358 e. The first-order valence-corrected chi connectivity index (χ1v) is 5.75. The molecule has 1 aliphatic heterocycles. The summed E-state index contributed by atoms with van der Waals surface area (Å²) in [4.78, 5) is 19.5. The fourth-order valence-electron chi connectivity index (χ4n) is 2.16. The van der Waals surface area contributed by atoms with Crippen LogP contribution in [0.25, 0.3) is 11.4 Å². The third-order valence-electron chi connectivity index (χ3n) is 2.94. The van der Waals surface area contributed by atoms with Crippen LogP contribution in [0.2, 0.25) is 0 Å². The van der Waals surface area contributed by atoms with Gasteiger partial charge < -0.3 is 15.0 Å². The van der Waals surface area contributed by atoms with Crippen LogP contribution in [0.1, 0.15) is 16.9 Å². The summed E-state index contributed by atoms with van der Waals surface area (Å²) >= 11 is 0. The summed E-state index contributed by atoms with van der Waals surface area (Å²) in [5.41, 5.74) is 0.906. The molecule has 0 aromatic carbocycles.